The molecule has 1 N–H and O–H groups in total. The molecule has 2 aliphatic heterocycles. The molecule has 3 atom stereocenters. The molecule has 26 heavy (non-hydrogen) atoms. The van der Waals surface area contributed by atoms with Crippen LogP contribution >= 0.6 is 34.8 Å². The van der Waals surface area contributed by atoms with Crippen LogP contribution in [0.3, 0.4) is 0 Å². The van der Waals surface area contributed by atoms with Crippen LogP contribution in [0.4, 0.5) is 4.79 Å². The van der Waals surface area contributed by atoms with Crippen molar-refractivity contribution in [3.63, 3.8) is 0 Å². The average Bonchev–Trinajstić information content (AvgIpc) is 2.97. The topological polar surface area (TPSA) is 80.6 Å². The molecule has 0 aromatic carbocycles. The lowest BCUT2D eigenvalue weighted by Crippen LogP contribution is -2.58. The molecule has 0 aliphatic carbocycles. The van der Waals surface area contributed by atoms with Gasteiger partial charge in [-0.25, -0.2) is 9.79 Å². The van der Waals surface area contributed by atoms with E-state index in [1.54, 1.807) is 41.5 Å². The normalized spacial score (nSPS) is 30.0. The lowest BCUT2D eigenvalue weighted by Gasteiger charge is -2.39. The van der Waals surface area contributed by atoms with Crippen molar-refractivity contribution in [1.82, 2.24) is 4.90 Å². The molecule has 0 bridgehead atoms. The number of carbonyl (C=O) groups is 1. The number of carbonyl (C=O) groups excluding carboxylic acids is 1. The number of aliphatic hydroxyl groups excluding tert-OH is 1. The van der Waals surface area contributed by atoms with E-state index in [4.69, 9.17) is 49.0 Å². The maximum atomic E-state index is 12.7. The molecule has 1 saturated heterocycles. The van der Waals surface area contributed by atoms with Gasteiger partial charge in [0.15, 0.2) is 0 Å². The van der Waals surface area contributed by atoms with Gasteiger partial charge in [0.25, 0.3) is 3.79 Å². The van der Waals surface area contributed by atoms with Gasteiger partial charge in [-0.1, -0.05) is 34.8 Å². The molecule has 1 fully saturated rings. The fourth-order valence-electron chi connectivity index (χ4n) is 2.95. The molecule has 0 unspecified atom stereocenters. The van der Waals surface area contributed by atoms with Crippen molar-refractivity contribution in [2.75, 3.05) is 13.2 Å². The van der Waals surface area contributed by atoms with Crippen molar-refractivity contribution in [2.24, 2.45) is 4.99 Å². The van der Waals surface area contributed by atoms with Gasteiger partial charge in [0.2, 0.25) is 5.90 Å². The molecule has 0 radical (unpaired) electrons. The number of ether oxygens (including phenoxy) is 3. The number of halogens is 3. The minimum atomic E-state index is -1.83. The van der Waals surface area contributed by atoms with E-state index < -0.39 is 38.9 Å². The van der Waals surface area contributed by atoms with Crippen molar-refractivity contribution in [3.8, 4) is 0 Å². The summed E-state index contributed by atoms with van der Waals surface area (Å²) in [7, 11) is 0. The third-order valence-corrected chi connectivity index (χ3v) is 4.70. The summed E-state index contributed by atoms with van der Waals surface area (Å²) < 4.78 is 14.7. The number of alkyl halides is 3. The highest BCUT2D eigenvalue weighted by Crippen LogP contribution is 2.39. The molecule has 7 nitrogen and oxygen atoms in total. The minimum Gasteiger partial charge on any atom is -0.475 e. The molecular weight excluding hydrogens is 407 g/mol. The van der Waals surface area contributed by atoms with E-state index in [9.17, 15) is 9.90 Å². The van der Waals surface area contributed by atoms with Crippen LogP contribution in [0.15, 0.2) is 4.99 Å². The van der Waals surface area contributed by atoms with Crippen molar-refractivity contribution < 1.29 is 24.1 Å². The molecule has 1 amide bonds. The Bertz CT molecular complexity index is 600. The van der Waals surface area contributed by atoms with Gasteiger partial charge in [0.05, 0.1) is 12.6 Å². The Labute approximate surface area is 168 Å². The Hall–Kier alpha value is -0.470. The van der Waals surface area contributed by atoms with Crippen LogP contribution in [0.1, 0.15) is 41.5 Å². The van der Waals surface area contributed by atoms with E-state index in [2.05, 4.69) is 4.99 Å². The Balaban J connectivity index is 2.28. The van der Waals surface area contributed by atoms with E-state index in [0.29, 0.717) is 0 Å². The van der Waals surface area contributed by atoms with Gasteiger partial charge in [0, 0.05) is 0 Å². The number of amides is 1. The summed E-state index contributed by atoms with van der Waals surface area (Å²) in [5.41, 5.74) is -2.74. The second-order valence-electron chi connectivity index (χ2n) is 8.18. The second-order valence-corrected chi connectivity index (χ2v) is 10.5. The maximum absolute atomic E-state index is 12.7. The van der Waals surface area contributed by atoms with Gasteiger partial charge in [-0.15, -0.1) is 0 Å². The molecule has 0 aromatic rings. The van der Waals surface area contributed by atoms with Crippen LogP contribution in [0.2, 0.25) is 0 Å². The number of rotatable bonds is 2. The third kappa shape index (κ3) is 4.50. The summed E-state index contributed by atoms with van der Waals surface area (Å²) in [4.78, 5) is 18.4. The fourth-order valence-corrected chi connectivity index (χ4v) is 3.24. The summed E-state index contributed by atoms with van der Waals surface area (Å²) in [6, 6.07) is -0.702. The molecule has 0 saturated carbocycles. The summed E-state index contributed by atoms with van der Waals surface area (Å²) >= 11 is 17.4. The summed E-state index contributed by atoms with van der Waals surface area (Å²) in [6.07, 6.45) is -1.71. The summed E-state index contributed by atoms with van der Waals surface area (Å²) in [5, 5.41) is 11.0. The fraction of sp³-hybridized carbons (Fsp3) is 0.875. The molecule has 150 valence electrons. The van der Waals surface area contributed by atoms with Crippen molar-refractivity contribution in [2.45, 2.75) is 74.3 Å². The summed E-state index contributed by atoms with van der Waals surface area (Å²) in [6.45, 7) is 10.6. The van der Waals surface area contributed by atoms with Crippen molar-refractivity contribution in [3.05, 3.63) is 0 Å². The molecule has 10 heteroatoms. The first-order chi connectivity index (χ1) is 11.6. The largest absolute Gasteiger partial charge is 0.475 e. The smallest absolute Gasteiger partial charge is 0.412 e. The van der Waals surface area contributed by atoms with Crippen LogP contribution in [-0.4, -0.2) is 68.0 Å². The van der Waals surface area contributed by atoms with E-state index in [1.165, 1.54) is 4.90 Å². The maximum Gasteiger partial charge on any atom is 0.412 e. The standard InChI is InChI=1S/C16H25Cl3N2O5/c1-13(2,3)26-12(23)21-9(7-25-14(21,4)5)10(22)15(6)8-24-11(20-15)16(17,18)19/h9-10,22H,7-8H2,1-6H3/t9-,10+,15-/m1/s1. The van der Waals surface area contributed by atoms with Gasteiger partial charge in [0.1, 0.15) is 29.6 Å². The quantitative estimate of drug-likeness (QED) is 0.679. The molecule has 2 aliphatic rings. The molecule has 2 heterocycles. The van der Waals surface area contributed by atoms with Gasteiger partial charge >= 0.3 is 6.09 Å². The van der Waals surface area contributed by atoms with Crippen LogP contribution in [0.25, 0.3) is 0 Å². The number of aliphatic hydroxyl groups is 1. The van der Waals surface area contributed by atoms with Crippen LogP contribution in [0.5, 0.6) is 0 Å². The number of hydrogen-bond donors (Lipinski definition) is 1. The SMILES string of the molecule is CC(C)(C)OC(=O)N1[C@@H]([C@H](O)[C@@]2(C)COC(C(Cl)(Cl)Cl)=N2)COC1(C)C. The Morgan fingerprint density at radius 2 is 1.92 bits per heavy atom. The molecule has 0 aromatic heterocycles. The van der Waals surface area contributed by atoms with Crippen molar-refractivity contribution in [1.29, 1.82) is 0 Å². The predicted octanol–water partition coefficient (Wildman–Crippen LogP) is 3.28. The van der Waals surface area contributed by atoms with Gasteiger partial charge < -0.3 is 19.3 Å². The predicted molar refractivity (Wildman–Crippen MR) is 100.0 cm³/mol. The first-order valence-corrected chi connectivity index (χ1v) is 9.34. The molecular formula is C16H25Cl3N2O5. The third-order valence-electron chi connectivity index (χ3n) is 4.21. The molecule has 0 spiro atoms. The van der Waals surface area contributed by atoms with Gasteiger partial charge in [-0.05, 0) is 41.5 Å². The number of aliphatic imine (C=N–C) groups is 1. The van der Waals surface area contributed by atoms with Crippen LogP contribution in [0, 0.1) is 0 Å². The van der Waals surface area contributed by atoms with Crippen LogP contribution < -0.4 is 0 Å². The molecule has 2 rings (SSSR count). The van der Waals surface area contributed by atoms with Crippen molar-refractivity contribution >= 4 is 46.8 Å². The highest BCUT2D eigenvalue weighted by molar-refractivity contribution is 6.76. The Morgan fingerprint density at radius 1 is 1.35 bits per heavy atom. The zero-order valence-corrected chi connectivity index (χ0v) is 17.9. The summed E-state index contributed by atoms with van der Waals surface area (Å²) in [5.74, 6) is -0.0916. The zero-order valence-electron chi connectivity index (χ0n) is 15.7. The monoisotopic (exact) mass is 430 g/mol. The Morgan fingerprint density at radius 3 is 2.38 bits per heavy atom. The van der Waals surface area contributed by atoms with Gasteiger partial charge in [-0.2, -0.15) is 0 Å². The minimum absolute atomic E-state index is 0.0104. The van der Waals surface area contributed by atoms with E-state index in [0.717, 1.165) is 0 Å². The van der Waals surface area contributed by atoms with E-state index >= 15 is 0 Å². The second kappa shape index (κ2) is 6.85. The first kappa shape index (κ1) is 21.8. The highest BCUT2D eigenvalue weighted by atomic mass is 35.6. The number of nitrogens with zero attached hydrogens (tertiary/aromatic N) is 2. The van der Waals surface area contributed by atoms with Gasteiger partial charge in [-0.3, -0.25) is 4.90 Å². The highest BCUT2D eigenvalue weighted by Gasteiger charge is 2.55. The van der Waals surface area contributed by atoms with E-state index in [-0.39, 0.29) is 19.1 Å². The first-order valence-electron chi connectivity index (χ1n) is 8.21. The van der Waals surface area contributed by atoms with Crippen LogP contribution in [-0.2, 0) is 14.2 Å². The number of hydrogen-bond acceptors (Lipinski definition) is 6. The lowest BCUT2D eigenvalue weighted by molar-refractivity contribution is -0.0718. The van der Waals surface area contributed by atoms with E-state index in [1.807, 2.05) is 0 Å². The zero-order chi connectivity index (χ0) is 20.1. The average molecular weight is 432 g/mol. The lowest BCUT2D eigenvalue weighted by atomic mass is 9.90. The Kier molecular flexibility index (Phi) is 5.75.